The zero-order valence-corrected chi connectivity index (χ0v) is 23.3. The van der Waals surface area contributed by atoms with Crippen LogP contribution in [0.4, 0.5) is 5.69 Å². The lowest BCUT2D eigenvalue weighted by molar-refractivity contribution is 0.0890. The molecule has 0 aromatic heterocycles. The van der Waals surface area contributed by atoms with Crippen LogP contribution in [0.2, 0.25) is 0 Å². The van der Waals surface area contributed by atoms with E-state index >= 15 is 0 Å². The second kappa shape index (κ2) is 12.5. The van der Waals surface area contributed by atoms with E-state index in [4.69, 9.17) is 32.7 Å². The number of carbonyl (C=O) groups is 1. The first-order valence-corrected chi connectivity index (χ1v) is 14.3. The van der Waals surface area contributed by atoms with Gasteiger partial charge in [-0.2, -0.15) is 0 Å². The summed E-state index contributed by atoms with van der Waals surface area (Å²) in [6.07, 6.45) is 5.05. The molecule has 2 N–H and O–H groups in total. The standard InChI is InChI=1S/C32H31Cl2NO5/c33-18-25(36)20-39-27-14-10-22(11-15-27)32(23-12-16-28(17-13-23)40-21-26(37)19-34)30-9-5-4-8-29(30)31(38)35(32)24-6-2-1-3-7-24/h1-12,14-17,23,25-26,36-37H,13,18-21H2. The molecule has 40 heavy (non-hydrogen) atoms. The van der Waals surface area contributed by atoms with Gasteiger partial charge in [0.1, 0.15) is 42.5 Å². The number of rotatable bonds is 11. The Labute approximate surface area is 244 Å². The van der Waals surface area contributed by atoms with Crippen molar-refractivity contribution in [2.75, 3.05) is 29.9 Å². The van der Waals surface area contributed by atoms with Crippen LogP contribution in [0, 0.1) is 5.92 Å². The van der Waals surface area contributed by atoms with Crippen molar-refractivity contribution in [3.8, 4) is 5.75 Å². The Balaban J connectivity index is 1.60. The number of anilines is 1. The third kappa shape index (κ3) is 5.37. The molecule has 1 heterocycles. The van der Waals surface area contributed by atoms with Gasteiger partial charge < -0.3 is 19.7 Å². The zero-order chi connectivity index (χ0) is 28.1. The minimum Gasteiger partial charge on any atom is -0.491 e. The van der Waals surface area contributed by atoms with Crippen LogP contribution in [0.15, 0.2) is 103 Å². The normalized spacial score (nSPS) is 21.5. The van der Waals surface area contributed by atoms with Crippen LogP contribution in [0.1, 0.15) is 27.9 Å². The molecule has 0 saturated heterocycles. The number of benzene rings is 3. The van der Waals surface area contributed by atoms with Crippen molar-refractivity contribution in [2.24, 2.45) is 5.92 Å². The van der Waals surface area contributed by atoms with Crippen molar-refractivity contribution in [1.29, 1.82) is 0 Å². The molecule has 5 rings (SSSR count). The smallest absolute Gasteiger partial charge is 0.259 e. The van der Waals surface area contributed by atoms with Gasteiger partial charge in [0.05, 0.1) is 11.8 Å². The molecule has 1 aliphatic carbocycles. The van der Waals surface area contributed by atoms with Gasteiger partial charge in [0, 0.05) is 17.2 Å². The molecular weight excluding hydrogens is 549 g/mol. The predicted molar refractivity (Wildman–Crippen MR) is 157 cm³/mol. The Hall–Kier alpha value is -3.29. The highest BCUT2D eigenvalue weighted by molar-refractivity contribution is 6.18. The summed E-state index contributed by atoms with van der Waals surface area (Å²) in [5.74, 6) is 1.22. The number of aliphatic hydroxyl groups excluding tert-OH is 2. The number of para-hydroxylation sites is 1. The molecule has 8 heteroatoms. The molecular formula is C32H31Cl2NO5. The van der Waals surface area contributed by atoms with Crippen LogP contribution in [-0.4, -0.2) is 53.3 Å². The summed E-state index contributed by atoms with van der Waals surface area (Å²) in [6, 6.07) is 25.1. The fourth-order valence-electron chi connectivity index (χ4n) is 5.46. The first kappa shape index (κ1) is 28.2. The van der Waals surface area contributed by atoms with Gasteiger partial charge in [-0.1, -0.05) is 54.6 Å². The van der Waals surface area contributed by atoms with Gasteiger partial charge in [-0.15, -0.1) is 23.2 Å². The average Bonchev–Trinajstić information content (AvgIpc) is 3.28. The van der Waals surface area contributed by atoms with Gasteiger partial charge in [0.25, 0.3) is 5.91 Å². The minimum atomic E-state index is -0.864. The fourth-order valence-corrected chi connectivity index (χ4v) is 5.64. The van der Waals surface area contributed by atoms with E-state index in [1.54, 1.807) is 0 Å². The second-order valence-corrected chi connectivity index (χ2v) is 10.5. The highest BCUT2D eigenvalue weighted by Gasteiger charge is 2.55. The van der Waals surface area contributed by atoms with E-state index in [0.717, 1.165) is 16.8 Å². The largest absolute Gasteiger partial charge is 0.491 e. The van der Waals surface area contributed by atoms with Crippen molar-refractivity contribution >= 4 is 34.8 Å². The number of fused-ring (bicyclic) bond motifs is 1. The first-order valence-electron chi connectivity index (χ1n) is 13.2. The molecule has 0 radical (unpaired) electrons. The predicted octanol–water partition coefficient (Wildman–Crippen LogP) is 5.65. The summed E-state index contributed by atoms with van der Waals surface area (Å²) in [5.41, 5.74) is 2.42. The number of allylic oxidation sites excluding steroid dienone is 2. The Bertz CT molecular complexity index is 1380. The van der Waals surface area contributed by atoms with Crippen LogP contribution < -0.4 is 9.64 Å². The summed E-state index contributed by atoms with van der Waals surface area (Å²) in [5, 5.41) is 19.6. The van der Waals surface area contributed by atoms with E-state index in [1.165, 1.54) is 0 Å². The number of ether oxygens (including phenoxy) is 2. The first-order chi connectivity index (χ1) is 19.5. The maximum absolute atomic E-state index is 14.1. The molecule has 2 aliphatic rings. The molecule has 1 amide bonds. The Kier molecular flexibility index (Phi) is 8.81. The lowest BCUT2D eigenvalue weighted by Gasteiger charge is -2.45. The van der Waals surface area contributed by atoms with Gasteiger partial charge in [0.2, 0.25) is 0 Å². The van der Waals surface area contributed by atoms with Crippen LogP contribution in [0.5, 0.6) is 5.75 Å². The molecule has 4 unspecified atom stereocenters. The quantitative estimate of drug-likeness (QED) is 0.287. The van der Waals surface area contributed by atoms with E-state index in [0.29, 0.717) is 23.5 Å². The van der Waals surface area contributed by atoms with E-state index < -0.39 is 17.7 Å². The highest BCUT2D eigenvalue weighted by atomic mass is 35.5. The summed E-state index contributed by atoms with van der Waals surface area (Å²) in [7, 11) is 0. The monoisotopic (exact) mass is 579 g/mol. The number of hydrogen-bond donors (Lipinski definition) is 2. The minimum absolute atomic E-state index is 0.0722. The number of alkyl halides is 2. The molecule has 0 saturated carbocycles. The number of amides is 1. The molecule has 208 valence electrons. The van der Waals surface area contributed by atoms with Crippen molar-refractivity contribution < 1.29 is 24.5 Å². The van der Waals surface area contributed by atoms with Gasteiger partial charge in [-0.05, 0) is 60.0 Å². The topological polar surface area (TPSA) is 79.2 Å². The van der Waals surface area contributed by atoms with Gasteiger partial charge in [-0.25, -0.2) is 0 Å². The van der Waals surface area contributed by atoms with E-state index in [9.17, 15) is 15.0 Å². The zero-order valence-electron chi connectivity index (χ0n) is 21.8. The van der Waals surface area contributed by atoms with Crippen molar-refractivity contribution in [3.05, 3.63) is 120 Å². The van der Waals surface area contributed by atoms with Crippen LogP contribution in [0.25, 0.3) is 0 Å². The summed E-state index contributed by atoms with van der Waals surface area (Å²) in [6.45, 7) is 0.190. The third-order valence-corrected chi connectivity index (χ3v) is 7.99. The van der Waals surface area contributed by atoms with Gasteiger partial charge >= 0.3 is 0 Å². The average molecular weight is 581 g/mol. The fraction of sp³-hybridized carbons (Fsp3) is 0.281. The molecule has 6 nitrogen and oxygen atoms in total. The number of nitrogens with zero attached hydrogens (tertiary/aromatic N) is 1. The summed E-state index contributed by atoms with van der Waals surface area (Å²) >= 11 is 11.4. The van der Waals surface area contributed by atoms with E-state index in [1.807, 2.05) is 95.9 Å². The molecule has 4 atom stereocenters. The van der Waals surface area contributed by atoms with E-state index in [2.05, 4.69) is 6.08 Å². The van der Waals surface area contributed by atoms with Crippen molar-refractivity contribution in [2.45, 2.75) is 24.2 Å². The third-order valence-electron chi connectivity index (χ3n) is 7.28. The maximum Gasteiger partial charge on any atom is 0.259 e. The summed E-state index contributed by atoms with van der Waals surface area (Å²) < 4.78 is 11.5. The number of halogens is 2. The van der Waals surface area contributed by atoms with Crippen LogP contribution in [-0.2, 0) is 10.3 Å². The molecule has 0 spiro atoms. The molecule has 0 fully saturated rings. The lowest BCUT2D eigenvalue weighted by Crippen LogP contribution is -2.50. The number of hydrogen-bond acceptors (Lipinski definition) is 5. The highest BCUT2D eigenvalue weighted by Crippen LogP contribution is 2.53. The number of carbonyl (C=O) groups excluding carboxylic acids is 1. The number of aliphatic hydroxyl groups is 2. The van der Waals surface area contributed by atoms with Crippen LogP contribution >= 0.6 is 23.2 Å². The van der Waals surface area contributed by atoms with E-state index in [-0.39, 0.29) is 36.8 Å². The second-order valence-electron chi connectivity index (χ2n) is 9.86. The summed E-state index contributed by atoms with van der Waals surface area (Å²) in [4.78, 5) is 16.0. The van der Waals surface area contributed by atoms with Gasteiger partial charge in [-0.3, -0.25) is 9.69 Å². The Morgan fingerprint density at radius 1 is 0.875 bits per heavy atom. The van der Waals surface area contributed by atoms with Gasteiger partial charge in [0.15, 0.2) is 0 Å². The Morgan fingerprint density at radius 2 is 1.52 bits per heavy atom. The molecule has 1 aliphatic heterocycles. The SMILES string of the molecule is O=C1c2ccccc2C(c2ccc(OCC(O)CCl)cc2)(C2C=CC(OCC(O)CCl)=CC2)N1c1ccccc1. The van der Waals surface area contributed by atoms with Crippen LogP contribution in [0.3, 0.4) is 0 Å². The van der Waals surface area contributed by atoms with Crippen molar-refractivity contribution in [1.82, 2.24) is 0 Å². The maximum atomic E-state index is 14.1. The molecule has 3 aromatic rings. The Morgan fingerprint density at radius 3 is 2.17 bits per heavy atom. The lowest BCUT2D eigenvalue weighted by atomic mass is 9.70. The molecule has 0 bridgehead atoms. The molecule has 3 aromatic carbocycles. The van der Waals surface area contributed by atoms with Crippen molar-refractivity contribution in [3.63, 3.8) is 0 Å².